The van der Waals surface area contributed by atoms with Crippen LogP contribution in [0.2, 0.25) is 0 Å². The maximum atomic E-state index is 2.17. The molecular formula is C12H14. The van der Waals surface area contributed by atoms with Gasteiger partial charge in [0.15, 0.2) is 0 Å². The number of allylic oxidation sites excluding steroid dienone is 3. The summed E-state index contributed by atoms with van der Waals surface area (Å²) in [6.45, 7) is 4.13. The van der Waals surface area contributed by atoms with Crippen molar-refractivity contribution in [3.8, 4) is 0 Å². The predicted octanol–water partition coefficient (Wildman–Crippen LogP) is 3.67. The SMILES string of the molecule is C/C=C/C(C)=C/c1ccccc1. The van der Waals surface area contributed by atoms with Crippen LogP contribution in [-0.4, -0.2) is 0 Å². The van der Waals surface area contributed by atoms with Crippen LogP contribution in [0.15, 0.2) is 48.1 Å². The van der Waals surface area contributed by atoms with E-state index >= 15 is 0 Å². The van der Waals surface area contributed by atoms with Crippen LogP contribution in [0, 0.1) is 0 Å². The van der Waals surface area contributed by atoms with Crippen LogP contribution in [-0.2, 0) is 0 Å². The van der Waals surface area contributed by atoms with Gasteiger partial charge in [0.05, 0.1) is 0 Å². The first-order valence-corrected chi connectivity index (χ1v) is 4.19. The highest BCUT2D eigenvalue weighted by atomic mass is 13.9. The van der Waals surface area contributed by atoms with Crippen LogP contribution in [0.25, 0.3) is 6.08 Å². The smallest absolute Gasteiger partial charge is 0.0254 e. The molecule has 1 aromatic carbocycles. The molecule has 0 aliphatic rings. The molecule has 0 heteroatoms. The molecule has 0 spiro atoms. The van der Waals surface area contributed by atoms with Gasteiger partial charge in [0.25, 0.3) is 0 Å². The molecule has 0 aliphatic heterocycles. The van der Waals surface area contributed by atoms with E-state index in [1.165, 1.54) is 11.1 Å². The molecule has 1 rings (SSSR count). The Bertz CT molecular complexity index is 278. The maximum Gasteiger partial charge on any atom is -0.0254 e. The molecule has 0 radical (unpaired) electrons. The van der Waals surface area contributed by atoms with Crippen molar-refractivity contribution in [3.63, 3.8) is 0 Å². The fourth-order valence-corrected chi connectivity index (χ4v) is 1.12. The van der Waals surface area contributed by atoms with Crippen molar-refractivity contribution in [2.45, 2.75) is 13.8 Å². The van der Waals surface area contributed by atoms with Crippen LogP contribution in [0.4, 0.5) is 0 Å². The van der Waals surface area contributed by atoms with Crippen LogP contribution in [0.5, 0.6) is 0 Å². The molecule has 0 amide bonds. The molecule has 0 atom stereocenters. The van der Waals surface area contributed by atoms with Gasteiger partial charge in [0.1, 0.15) is 0 Å². The number of hydrogen-bond acceptors (Lipinski definition) is 0. The third-order valence-corrected chi connectivity index (χ3v) is 1.62. The Morgan fingerprint density at radius 1 is 1.17 bits per heavy atom. The van der Waals surface area contributed by atoms with Crippen LogP contribution in [0.1, 0.15) is 19.4 Å². The molecular weight excluding hydrogens is 144 g/mol. The van der Waals surface area contributed by atoms with E-state index in [0.29, 0.717) is 0 Å². The van der Waals surface area contributed by atoms with Crippen molar-refractivity contribution in [2.75, 3.05) is 0 Å². The minimum absolute atomic E-state index is 1.26. The lowest BCUT2D eigenvalue weighted by atomic mass is 10.1. The summed E-state index contributed by atoms with van der Waals surface area (Å²) >= 11 is 0. The number of hydrogen-bond donors (Lipinski definition) is 0. The Morgan fingerprint density at radius 3 is 2.42 bits per heavy atom. The van der Waals surface area contributed by atoms with Gasteiger partial charge in [0, 0.05) is 0 Å². The molecule has 62 valence electrons. The maximum absolute atomic E-state index is 2.17. The van der Waals surface area contributed by atoms with E-state index < -0.39 is 0 Å². The van der Waals surface area contributed by atoms with Gasteiger partial charge in [-0.2, -0.15) is 0 Å². The van der Waals surface area contributed by atoms with E-state index in [-0.39, 0.29) is 0 Å². The zero-order chi connectivity index (χ0) is 8.81. The van der Waals surface area contributed by atoms with Crippen molar-refractivity contribution in [3.05, 3.63) is 53.6 Å². The van der Waals surface area contributed by atoms with Gasteiger partial charge in [-0.3, -0.25) is 0 Å². The Labute approximate surface area is 74.2 Å². The zero-order valence-corrected chi connectivity index (χ0v) is 7.62. The third-order valence-electron chi connectivity index (χ3n) is 1.62. The summed E-state index contributed by atoms with van der Waals surface area (Å²) in [6.07, 6.45) is 6.32. The average molecular weight is 158 g/mol. The molecule has 0 fully saturated rings. The van der Waals surface area contributed by atoms with E-state index in [1.807, 2.05) is 13.0 Å². The lowest BCUT2D eigenvalue weighted by Gasteiger charge is -1.93. The lowest BCUT2D eigenvalue weighted by molar-refractivity contribution is 1.52. The summed E-state index contributed by atoms with van der Waals surface area (Å²) in [5, 5.41) is 0. The Balaban J connectivity index is 2.81. The summed E-state index contributed by atoms with van der Waals surface area (Å²) in [7, 11) is 0. The average Bonchev–Trinajstić information content (AvgIpc) is 2.06. The van der Waals surface area contributed by atoms with E-state index in [0.717, 1.165) is 0 Å². The summed E-state index contributed by atoms with van der Waals surface area (Å²) in [5.74, 6) is 0. The first kappa shape index (κ1) is 8.79. The molecule has 0 aromatic heterocycles. The van der Waals surface area contributed by atoms with Gasteiger partial charge >= 0.3 is 0 Å². The Hall–Kier alpha value is -1.30. The lowest BCUT2D eigenvalue weighted by Crippen LogP contribution is -1.71. The van der Waals surface area contributed by atoms with Crippen molar-refractivity contribution in [1.82, 2.24) is 0 Å². The van der Waals surface area contributed by atoms with Gasteiger partial charge in [-0.15, -0.1) is 0 Å². The standard InChI is InChI=1S/C12H14/c1-3-7-11(2)10-12-8-5-4-6-9-12/h3-10H,1-2H3/b7-3+,11-10+. The molecule has 0 nitrogen and oxygen atoms in total. The molecule has 1 aromatic rings. The molecule has 0 saturated carbocycles. The summed E-state index contributed by atoms with van der Waals surface area (Å²) in [5.41, 5.74) is 2.54. The van der Waals surface area contributed by atoms with Gasteiger partial charge in [-0.1, -0.05) is 54.1 Å². The molecule has 0 bridgehead atoms. The second-order valence-corrected chi connectivity index (χ2v) is 2.80. The highest BCUT2D eigenvalue weighted by Gasteiger charge is 1.84. The monoisotopic (exact) mass is 158 g/mol. The first-order valence-electron chi connectivity index (χ1n) is 4.19. The van der Waals surface area contributed by atoms with Gasteiger partial charge in [0.2, 0.25) is 0 Å². The third kappa shape index (κ3) is 2.75. The van der Waals surface area contributed by atoms with Crippen LogP contribution < -0.4 is 0 Å². The second kappa shape index (κ2) is 4.55. The topological polar surface area (TPSA) is 0 Å². The number of rotatable bonds is 2. The normalized spacial score (nSPS) is 12.3. The van der Waals surface area contributed by atoms with Crippen molar-refractivity contribution < 1.29 is 0 Å². The molecule has 0 heterocycles. The molecule has 0 N–H and O–H groups in total. The molecule has 0 unspecified atom stereocenters. The first-order chi connectivity index (χ1) is 5.83. The molecule has 0 saturated heterocycles. The summed E-state index contributed by atoms with van der Waals surface area (Å²) < 4.78 is 0. The summed E-state index contributed by atoms with van der Waals surface area (Å²) in [6, 6.07) is 10.3. The van der Waals surface area contributed by atoms with Crippen molar-refractivity contribution >= 4 is 6.08 Å². The van der Waals surface area contributed by atoms with Gasteiger partial charge in [-0.25, -0.2) is 0 Å². The minimum Gasteiger partial charge on any atom is -0.0874 e. The largest absolute Gasteiger partial charge is 0.0874 e. The fraction of sp³-hybridized carbons (Fsp3) is 0.167. The Kier molecular flexibility index (Phi) is 3.34. The van der Waals surface area contributed by atoms with E-state index in [1.54, 1.807) is 0 Å². The van der Waals surface area contributed by atoms with Gasteiger partial charge in [-0.05, 0) is 19.4 Å². The van der Waals surface area contributed by atoms with E-state index in [9.17, 15) is 0 Å². The van der Waals surface area contributed by atoms with Crippen LogP contribution in [0.3, 0.4) is 0 Å². The van der Waals surface area contributed by atoms with Crippen molar-refractivity contribution in [1.29, 1.82) is 0 Å². The Morgan fingerprint density at radius 2 is 1.83 bits per heavy atom. The van der Waals surface area contributed by atoms with Crippen molar-refractivity contribution in [2.24, 2.45) is 0 Å². The highest BCUT2D eigenvalue weighted by Crippen LogP contribution is 2.06. The van der Waals surface area contributed by atoms with E-state index in [4.69, 9.17) is 0 Å². The predicted molar refractivity (Wildman–Crippen MR) is 54.9 cm³/mol. The zero-order valence-electron chi connectivity index (χ0n) is 7.62. The molecule has 12 heavy (non-hydrogen) atoms. The number of benzene rings is 1. The molecule has 0 aliphatic carbocycles. The fourth-order valence-electron chi connectivity index (χ4n) is 1.12. The highest BCUT2D eigenvalue weighted by molar-refractivity contribution is 5.54. The van der Waals surface area contributed by atoms with Gasteiger partial charge < -0.3 is 0 Å². The quantitative estimate of drug-likeness (QED) is 0.576. The minimum atomic E-state index is 1.26. The van der Waals surface area contributed by atoms with E-state index in [2.05, 4.69) is 49.4 Å². The summed E-state index contributed by atoms with van der Waals surface area (Å²) in [4.78, 5) is 0. The second-order valence-electron chi connectivity index (χ2n) is 2.80. The van der Waals surface area contributed by atoms with Crippen LogP contribution >= 0.6 is 0 Å².